The zero-order valence-electron chi connectivity index (χ0n) is 16.8. The number of unbranched alkanes of at least 4 members (excludes halogenated alkanes) is 1. The summed E-state index contributed by atoms with van der Waals surface area (Å²) >= 11 is 0. The first-order chi connectivity index (χ1) is 13.4. The minimum Gasteiger partial charge on any atom is -0.283 e. The number of carbonyl (C=O) groups is 4. The molecule has 4 fully saturated rings. The van der Waals surface area contributed by atoms with Gasteiger partial charge in [-0.15, -0.1) is 0 Å². The smallest absolute Gasteiger partial charge is 0.229 e. The first-order valence-electron chi connectivity index (χ1n) is 11.1. The molecule has 0 bridgehead atoms. The van der Waals surface area contributed by atoms with Crippen molar-refractivity contribution in [3.63, 3.8) is 0 Å². The Balaban J connectivity index is 1.23. The maximum atomic E-state index is 12.5. The van der Waals surface area contributed by atoms with Crippen molar-refractivity contribution in [1.29, 1.82) is 0 Å². The average Bonchev–Trinajstić information content (AvgIpc) is 3.25. The Morgan fingerprint density at radius 2 is 0.821 bits per heavy atom. The van der Waals surface area contributed by atoms with Crippen LogP contribution in [0.25, 0.3) is 0 Å². The Hall–Kier alpha value is -1.72. The Morgan fingerprint density at radius 1 is 0.536 bits per heavy atom. The van der Waals surface area contributed by atoms with E-state index in [2.05, 4.69) is 0 Å². The van der Waals surface area contributed by atoms with Crippen LogP contribution in [0.5, 0.6) is 0 Å². The summed E-state index contributed by atoms with van der Waals surface area (Å²) < 4.78 is 0. The lowest BCUT2D eigenvalue weighted by atomic mass is 9.76. The fourth-order valence-corrected chi connectivity index (χ4v) is 6.06. The number of amides is 4. The van der Waals surface area contributed by atoms with Crippen molar-refractivity contribution in [1.82, 2.24) is 9.80 Å². The molecule has 4 rings (SSSR count). The molecule has 2 spiro atoms. The van der Waals surface area contributed by atoms with Crippen LogP contribution in [-0.4, -0.2) is 46.5 Å². The number of nitrogens with zero attached hydrogens (tertiary/aromatic N) is 2. The molecular weight excluding hydrogens is 356 g/mol. The minimum absolute atomic E-state index is 0.0357. The molecule has 2 aliphatic carbocycles. The molecular formula is C22H32N2O4. The third-order valence-corrected chi connectivity index (χ3v) is 7.65. The van der Waals surface area contributed by atoms with Gasteiger partial charge in [-0.25, -0.2) is 0 Å². The topological polar surface area (TPSA) is 74.8 Å². The number of hydrogen-bond donors (Lipinski definition) is 0. The van der Waals surface area contributed by atoms with E-state index >= 15 is 0 Å². The largest absolute Gasteiger partial charge is 0.283 e. The van der Waals surface area contributed by atoms with Gasteiger partial charge in [0.25, 0.3) is 0 Å². The normalized spacial score (nSPS) is 26.9. The molecule has 4 amide bonds. The summed E-state index contributed by atoms with van der Waals surface area (Å²) in [7, 11) is 0. The number of carbonyl (C=O) groups excluding carboxylic acids is 4. The Labute approximate surface area is 167 Å². The highest BCUT2D eigenvalue weighted by atomic mass is 16.2. The van der Waals surface area contributed by atoms with Crippen molar-refractivity contribution in [3.8, 4) is 0 Å². The highest BCUT2D eigenvalue weighted by Gasteiger charge is 2.46. The summed E-state index contributed by atoms with van der Waals surface area (Å²) in [6, 6.07) is 0. The fourth-order valence-electron chi connectivity index (χ4n) is 6.06. The summed E-state index contributed by atoms with van der Waals surface area (Å²) in [5.41, 5.74) is -0.124. The molecule has 0 N–H and O–H groups in total. The lowest BCUT2D eigenvalue weighted by molar-refractivity contribution is -0.156. The maximum absolute atomic E-state index is 12.5. The monoisotopic (exact) mass is 388 g/mol. The highest BCUT2D eigenvalue weighted by molar-refractivity contribution is 5.99. The molecule has 6 heteroatoms. The van der Waals surface area contributed by atoms with E-state index in [-0.39, 0.29) is 34.5 Å². The van der Waals surface area contributed by atoms with Gasteiger partial charge in [-0.2, -0.15) is 0 Å². The quantitative estimate of drug-likeness (QED) is 0.535. The minimum atomic E-state index is -0.0620. The van der Waals surface area contributed by atoms with E-state index in [0.717, 1.165) is 51.4 Å². The first kappa shape index (κ1) is 19.6. The Bertz CT molecular complexity index is 576. The summed E-state index contributed by atoms with van der Waals surface area (Å²) in [5, 5.41) is 0. The summed E-state index contributed by atoms with van der Waals surface area (Å²) in [4.78, 5) is 52.8. The second kappa shape index (κ2) is 7.60. The van der Waals surface area contributed by atoms with Gasteiger partial charge in [0.05, 0.1) is 0 Å². The van der Waals surface area contributed by atoms with Crippen LogP contribution >= 0.6 is 0 Å². The summed E-state index contributed by atoms with van der Waals surface area (Å²) in [6.07, 6.45) is 11.8. The van der Waals surface area contributed by atoms with Crippen molar-refractivity contribution in [3.05, 3.63) is 0 Å². The lowest BCUT2D eigenvalue weighted by Gasteiger charge is -2.38. The third kappa shape index (κ3) is 3.74. The van der Waals surface area contributed by atoms with E-state index in [0.29, 0.717) is 51.6 Å². The SMILES string of the molecule is O=C1CC2(CCCC2)CC(=O)N1CCCCN1C(=O)CC2(CCCC2)CC1=O. The van der Waals surface area contributed by atoms with Gasteiger partial charge in [0.15, 0.2) is 0 Å². The molecule has 6 nitrogen and oxygen atoms in total. The zero-order chi connectivity index (χ0) is 19.8. The third-order valence-electron chi connectivity index (χ3n) is 7.65. The van der Waals surface area contributed by atoms with Crippen LogP contribution in [-0.2, 0) is 19.2 Å². The standard InChI is InChI=1S/C22H32N2O4/c25-17-13-21(7-1-2-8-21)14-18(26)23(17)11-5-6-12-24-19(27)15-22(16-20(24)28)9-3-4-10-22/h1-16H2. The van der Waals surface area contributed by atoms with E-state index in [4.69, 9.17) is 0 Å². The molecule has 0 radical (unpaired) electrons. The molecule has 0 aromatic carbocycles. The first-order valence-corrected chi connectivity index (χ1v) is 11.1. The van der Waals surface area contributed by atoms with Crippen LogP contribution in [0.4, 0.5) is 0 Å². The predicted octanol–water partition coefficient (Wildman–Crippen LogP) is 3.19. The van der Waals surface area contributed by atoms with Gasteiger partial charge in [0.1, 0.15) is 0 Å². The molecule has 2 aliphatic heterocycles. The number of piperidine rings is 2. The van der Waals surface area contributed by atoms with Crippen molar-refractivity contribution in [2.24, 2.45) is 10.8 Å². The van der Waals surface area contributed by atoms with Crippen LogP contribution in [0, 0.1) is 10.8 Å². The van der Waals surface area contributed by atoms with Gasteiger partial charge in [-0.3, -0.25) is 29.0 Å². The van der Waals surface area contributed by atoms with Crippen molar-refractivity contribution < 1.29 is 19.2 Å². The second-order valence-electron chi connectivity index (χ2n) is 9.71. The number of imide groups is 2. The molecule has 0 aromatic rings. The van der Waals surface area contributed by atoms with Gasteiger partial charge in [0.2, 0.25) is 23.6 Å². The van der Waals surface area contributed by atoms with Crippen LogP contribution in [0.1, 0.15) is 89.9 Å². The highest BCUT2D eigenvalue weighted by Crippen LogP contribution is 2.48. The van der Waals surface area contributed by atoms with Crippen LogP contribution in [0.15, 0.2) is 0 Å². The van der Waals surface area contributed by atoms with E-state index in [1.54, 1.807) is 0 Å². The van der Waals surface area contributed by atoms with Gasteiger partial charge in [-0.05, 0) is 49.4 Å². The Kier molecular flexibility index (Phi) is 5.32. The van der Waals surface area contributed by atoms with E-state index < -0.39 is 0 Å². The van der Waals surface area contributed by atoms with Crippen LogP contribution < -0.4 is 0 Å². The van der Waals surface area contributed by atoms with Gasteiger partial charge in [0, 0.05) is 38.8 Å². The molecule has 0 unspecified atom stereocenters. The predicted molar refractivity (Wildman–Crippen MR) is 103 cm³/mol. The lowest BCUT2D eigenvalue weighted by Crippen LogP contribution is -2.48. The van der Waals surface area contributed by atoms with E-state index in [1.807, 2.05) is 0 Å². The molecule has 0 atom stereocenters. The van der Waals surface area contributed by atoms with Crippen molar-refractivity contribution in [2.75, 3.05) is 13.1 Å². The van der Waals surface area contributed by atoms with Crippen molar-refractivity contribution in [2.45, 2.75) is 89.9 Å². The van der Waals surface area contributed by atoms with E-state index in [9.17, 15) is 19.2 Å². The number of hydrogen-bond acceptors (Lipinski definition) is 4. The maximum Gasteiger partial charge on any atom is 0.229 e. The molecule has 2 saturated carbocycles. The molecule has 0 aromatic heterocycles. The molecule has 4 aliphatic rings. The summed E-state index contributed by atoms with van der Waals surface area (Å²) in [6.45, 7) is 0.821. The molecule has 2 heterocycles. The number of likely N-dealkylation sites (tertiary alicyclic amines) is 2. The zero-order valence-corrected chi connectivity index (χ0v) is 16.8. The second-order valence-corrected chi connectivity index (χ2v) is 9.71. The molecule has 154 valence electrons. The summed E-state index contributed by atoms with van der Waals surface area (Å²) in [5.74, 6) is -0.143. The number of rotatable bonds is 5. The van der Waals surface area contributed by atoms with Gasteiger partial charge >= 0.3 is 0 Å². The van der Waals surface area contributed by atoms with Gasteiger partial charge < -0.3 is 0 Å². The average molecular weight is 389 g/mol. The van der Waals surface area contributed by atoms with Crippen LogP contribution in [0.2, 0.25) is 0 Å². The molecule has 2 saturated heterocycles. The van der Waals surface area contributed by atoms with E-state index in [1.165, 1.54) is 9.80 Å². The van der Waals surface area contributed by atoms with Gasteiger partial charge in [-0.1, -0.05) is 25.7 Å². The Morgan fingerprint density at radius 3 is 1.11 bits per heavy atom. The van der Waals surface area contributed by atoms with Crippen LogP contribution in [0.3, 0.4) is 0 Å². The fraction of sp³-hybridized carbons (Fsp3) is 0.818. The molecule has 28 heavy (non-hydrogen) atoms. The van der Waals surface area contributed by atoms with Crippen molar-refractivity contribution >= 4 is 23.6 Å².